The minimum Gasteiger partial charge on any atom is -0.309 e. The van der Waals surface area contributed by atoms with E-state index in [1.165, 1.54) is 60.4 Å². The summed E-state index contributed by atoms with van der Waals surface area (Å²) in [5.41, 5.74) is 14.0. The Morgan fingerprint density at radius 1 is 0.333 bits per heavy atom. The zero-order chi connectivity index (χ0) is 35.8. The van der Waals surface area contributed by atoms with Gasteiger partial charge in [-0.25, -0.2) is 0 Å². The minimum atomic E-state index is 1.10. The molecule has 0 aliphatic heterocycles. The summed E-state index contributed by atoms with van der Waals surface area (Å²) in [7, 11) is 0. The van der Waals surface area contributed by atoms with Crippen LogP contribution in [0, 0.1) is 0 Å². The van der Waals surface area contributed by atoms with Gasteiger partial charge in [0, 0.05) is 27.6 Å². The molecule has 0 unspecified atom stereocenters. The first-order chi connectivity index (χ1) is 26.8. The number of nitrogens with zero attached hydrogens (tertiary/aromatic N) is 2. The first kappa shape index (κ1) is 31.6. The smallest absolute Gasteiger partial charge is 0.0562 e. The Balaban J connectivity index is 1.27. The van der Waals surface area contributed by atoms with E-state index in [2.05, 4.69) is 228 Å². The number of hydrogen-bond donors (Lipinski definition) is 0. The maximum atomic E-state index is 2.47. The first-order valence-electron chi connectivity index (χ1n) is 18.5. The lowest BCUT2D eigenvalue weighted by molar-refractivity contribution is 1.18. The van der Waals surface area contributed by atoms with E-state index >= 15 is 0 Å². The Morgan fingerprint density at radius 3 is 1.61 bits per heavy atom. The van der Waals surface area contributed by atoms with Crippen LogP contribution in [0.15, 0.2) is 218 Å². The second-order valence-electron chi connectivity index (χ2n) is 13.7. The van der Waals surface area contributed by atoms with Crippen LogP contribution in [0.5, 0.6) is 0 Å². The zero-order valence-electron chi connectivity index (χ0n) is 29.7. The lowest BCUT2D eigenvalue weighted by Gasteiger charge is -2.29. The number of aromatic nitrogens is 1. The highest BCUT2D eigenvalue weighted by Crippen LogP contribution is 2.48. The highest BCUT2D eigenvalue weighted by molar-refractivity contribution is 6.17. The molecule has 10 rings (SSSR count). The Labute approximate surface area is 315 Å². The summed E-state index contributed by atoms with van der Waals surface area (Å²) in [5, 5.41) is 4.83. The molecule has 0 atom stereocenters. The summed E-state index contributed by atoms with van der Waals surface area (Å²) in [6, 6.07) is 78.9. The summed E-state index contributed by atoms with van der Waals surface area (Å²) in [5.74, 6) is 0. The van der Waals surface area contributed by atoms with Gasteiger partial charge in [-0.1, -0.05) is 170 Å². The highest BCUT2D eigenvalue weighted by atomic mass is 15.2. The first-order valence-corrected chi connectivity index (χ1v) is 18.5. The van der Waals surface area contributed by atoms with E-state index in [1.54, 1.807) is 0 Å². The van der Waals surface area contributed by atoms with Crippen LogP contribution < -0.4 is 4.90 Å². The van der Waals surface area contributed by atoms with Crippen LogP contribution in [-0.4, -0.2) is 4.57 Å². The molecule has 0 aliphatic rings. The summed E-state index contributed by atoms with van der Waals surface area (Å²) >= 11 is 0. The zero-order valence-corrected chi connectivity index (χ0v) is 29.7. The van der Waals surface area contributed by atoms with Crippen LogP contribution in [0.3, 0.4) is 0 Å². The fourth-order valence-electron chi connectivity index (χ4n) is 8.18. The molecule has 0 saturated carbocycles. The van der Waals surface area contributed by atoms with Crippen molar-refractivity contribution in [2.24, 2.45) is 0 Å². The van der Waals surface area contributed by atoms with Crippen molar-refractivity contribution in [2.75, 3.05) is 4.90 Å². The van der Waals surface area contributed by atoms with Gasteiger partial charge in [0.05, 0.1) is 28.1 Å². The molecule has 0 N–H and O–H groups in total. The summed E-state index contributed by atoms with van der Waals surface area (Å²) in [6.45, 7) is 0. The van der Waals surface area contributed by atoms with Gasteiger partial charge >= 0.3 is 0 Å². The highest BCUT2D eigenvalue weighted by Gasteiger charge is 2.24. The third-order valence-corrected chi connectivity index (χ3v) is 10.6. The number of anilines is 3. The van der Waals surface area contributed by atoms with Gasteiger partial charge in [-0.15, -0.1) is 0 Å². The van der Waals surface area contributed by atoms with Crippen molar-refractivity contribution in [2.45, 2.75) is 0 Å². The van der Waals surface area contributed by atoms with Gasteiger partial charge in [0.1, 0.15) is 0 Å². The third-order valence-electron chi connectivity index (χ3n) is 10.6. The fraction of sp³-hybridized carbons (Fsp3) is 0. The van der Waals surface area contributed by atoms with E-state index in [1.807, 2.05) is 0 Å². The number of para-hydroxylation sites is 3. The largest absolute Gasteiger partial charge is 0.309 e. The van der Waals surface area contributed by atoms with Crippen LogP contribution in [0.1, 0.15) is 0 Å². The van der Waals surface area contributed by atoms with Gasteiger partial charge in [-0.05, 0) is 81.6 Å². The maximum Gasteiger partial charge on any atom is 0.0562 e. The molecule has 254 valence electrons. The molecule has 0 radical (unpaired) electrons. The summed E-state index contributed by atoms with van der Waals surface area (Å²) in [4.78, 5) is 2.46. The molecule has 0 bridgehead atoms. The summed E-state index contributed by atoms with van der Waals surface area (Å²) < 4.78 is 2.47. The Morgan fingerprint density at radius 2 is 0.870 bits per heavy atom. The third kappa shape index (κ3) is 5.36. The van der Waals surface area contributed by atoms with E-state index in [0.717, 1.165) is 28.3 Å². The second kappa shape index (κ2) is 13.4. The Hall–Kier alpha value is -7.16. The molecule has 2 nitrogen and oxygen atoms in total. The average Bonchev–Trinajstić information content (AvgIpc) is 3.59. The second-order valence-corrected chi connectivity index (χ2v) is 13.7. The molecule has 0 amide bonds. The van der Waals surface area contributed by atoms with Crippen molar-refractivity contribution in [3.05, 3.63) is 218 Å². The van der Waals surface area contributed by atoms with E-state index in [4.69, 9.17) is 0 Å². The van der Waals surface area contributed by atoms with Crippen molar-refractivity contribution in [1.82, 2.24) is 4.57 Å². The standard InChI is InChI=1S/C52H36N2/c1-4-19-37(20-5-1)42-27-12-13-28-43(42)44-29-14-16-31-47(44)54-48-32-17-15-30-45(48)52-49(33-18-34-50(52)54)53(41-25-8-3-9-26-41)51-36-40-24-11-10-23-39(40)35-46(51)38-21-6-2-7-22-38/h1-36H. The molecule has 9 aromatic carbocycles. The van der Waals surface area contributed by atoms with Crippen molar-refractivity contribution in [1.29, 1.82) is 0 Å². The van der Waals surface area contributed by atoms with Gasteiger partial charge in [0.2, 0.25) is 0 Å². The van der Waals surface area contributed by atoms with Gasteiger partial charge in [-0.3, -0.25) is 0 Å². The van der Waals surface area contributed by atoms with E-state index in [9.17, 15) is 0 Å². The van der Waals surface area contributed by atoms with Crippen molar-refractivity contribution < 1.29 is 0 Å². The lowest BCUT2D eigenvalue weighted by atomic mass is 9.93. The molecule has 54 heavy (non-hydrogen) atoms. The molecular weight excluding hydrogens is 653 g/mol. The normalized spacial score (nSPS) is 11.3. The van der Waals surface area contributed by atoms with Crippen LogP contribution in [0.25, 0.3) is 71.6 Å². The molecule has 0 aliphatic carbocycles. The molecule has 10 aromatic rings. The minimum absolute atomic E-state index is 1.10. The number of hydrogen-bond acceptors (Lipinski definition) is 1. The predicted molar refractivity (Wildman–Crippen MR) is 229 cm³/mol. The topological polar surface area (TPSA) is 8.17 Å². The Kier molecular flexibility index (Phi) is 7.85. The number of fused-ring (bicyclic) bond motifs is 4. The van der Waals surface area contributed by atoms with Crippen molar-refractivity contribution in [3.63, 3.8) is 0 Å². The molecule has 2 heteroatoms. The van der Waals surface area contributed by atoms with Gasteiger partial charge in [0.15, 0.2) is 0 Å². The fourth-order valence-corrected chi connectivity index (χ4v) is 8.18. The number of rotatable bonds is 7. The van der Waals surface area contributed by atoms with Crippen LogP contribution in [0.2, 0.25) is 0 Å². The van der Waals surface area contributed by atoms with Crippen LogP contribution in [-0.2, 0) is 0 Å². The molecule has 0 saturated heterocycles. The average molecular weight is 689 g/mol. The Bertz CT molecular complexity index is 2930. The van der Waals surface area contributed by atoms with Gasteiger partial charge in [0.25, 0.3) is 0 Å². The quantitative estimate of drug-likeness (QED) is 0.162. The molecule has 1 heterocycles. The van der Waals surface area contributed by atoms with Gasteiger partial charge < -0.3 is 9.47 Å². The van der Waals surface area contributed by atoms with E-state index < -0.39 is 0 Å². The van der Waals surface area contributed by atoms with E-state index in [-0.39, 0.29) is 0 Å². The molecular formula is C52H36N2. The van der Waals surface area contributed by atoms with Crippen LogP contribution >= 0.6 is 0 Å². The monoisotopic (exact) mass is 688 g/mol. The van der Waals surface area contributed by atoms with Crippen molar-refractivity contribution in [3.8, 4) is 39.1 Å². The van der Waals surface area contributed by atoms with Crippen LogP contribution in [0.4, 0.5) is 17.1 Å². The SMILES string of the molecule is c1ccc(-c2ccccc2-c2ccccc2-n2c3ccccc3c3c(N(c4ccccc4)c4cc5ccccc5cc4-c4ccccc4)cccc32)cc1. The van der Waals surface area contributed by atoms with Gasteiger partial charge in [-0.2, -0.15) is 0 Å². The predicted octanol–water partition coefficient (Wildman–Crippen LogP) is 14.4. The number of benzene rings is 9. The molecule has 1 aromatic heterocycles. The van der Waals surface area contributed by atoms with Crippen molar-refractivity contribution >= 4 is 49.6 Å². The maximum absolute atomic E-state index is 2.47. The molecule has 0 fully saturated rings. The van der Waals surface area contributed by atoms with E-state index in [0.29, 0.717) is 0 Å². The summed E-state index contributed by atoms with van der Waals surface area (Å²) in [6.07, 6.45) is 0. The molecule has 0 spiro atoms. The lowest BCUT2D eigenvalue weighted by Crippen LogP contribution is -2.12.